The highest BCUT2D eigenvalue weighted by Gasteiger charge is 2.30. The summed E-state index contributed by atoms with van der Waals surface area (Å²) in [4.78, 5) is 12.3. The summed E-state index contributed by atoms with van der Waals surface area (Å²) in [5, 5.41) is 5.43. The number of urea groups is 1. The number of nitrogens with two attached hydrogens (primary N) is 1. The maximum Gasteiger partial charge on any atom is 0.319 e. The number of rotatable bonds is 3. The first kappa shape index (κ1) is 13.7. The molecule has 0 bridgehead atoms. The molecule has 102 valence electrons. The van der Waals surface area contributed by atoms with Crippen LogP contribution in [0.3, 0.4) is 0 Å². The van der Waals surface area contributed by atoms with Crippen molar-refractivity contribution in [2.75, 3.05) is 5.32 Å². The van der Waals surface area contributed by atoms with Gasteiger partial charge in [-0.05, 0) is 31.0 Å². The van der Waals surface area contributed by atoms with Crippen molar-refractivity contribution in [2.24, 2.45) is 11.7 Å². The van der Waals surface area contributed by atoms with Crippen molar-refractivity contribution in [3.8, 4) is 0 Å². The quantitative estimate of drug-likeness (QED) is 0.745. The van der Waals surface area contributed by atoms with Crippen LogP contribution in [0.2, 0.25) is 0 Å². The van der Waals surface area contributed by atoms with Gasteiger partial charge in [0.2, 0.25) is 0 Å². The van der Waals surface area contributed by atoms with Gasteiger partial charge in [-0.15, -0.1) is 0 Å². The summed E-state index contributed by atoms with van der Waals surface area (Å²) < 4.78 is 13.0. The van der Waals surface area contributed by atoms with Crippen LogP contribution < -0.4 is 16.4 Å². The summed E-state index contributed by atoms with van der Waals surface area (Å²) in [5.41, 5.74) is 6.07. The number of halogens is 1. The molecule has 1 aliphatic rings. The molecule has 1 saturated carbocycles. The minimum absolute atomic E-state index is 0.0361. The Labute approximate surface area is 116 Å². The van der Waals surface area contributed by atoms with Crippen LogP contribution in [0.5, 0.6) is 0 Å². The van der Waals surface area contributed by atoms with E-state index < -0.39 is 0 Å². The summed E-state index contributed by atoms with van der Waals surface area (Å²) in [6.45, 7) is 0. The largest absolute Gasteiger partial charge is 0.393 e. The molecule has 1 fully saturated rings. The van der Waals surface area contributed by atoms with Gasteiger partial charge in [0.15, 0.2) is 0 Å². The van der Waals surface area contributed by atoms with Crippen LogP contribution >= 0.6 is 12.2 Å². The Morgan fingerprint density at radius 1 is 1.42 bits per heavy atom. The Balaban J connectivity index is 1.92. The second-order valence-corrected chi connectivity index (χ2v) is 5.13. The van der Waals surface area contributed by atoms with Gasteiger partial charge in [-0.3, -0.25) is 0 Å². The zero-order valence-corrected chi connectivity index (χ0v) is 11.2. The van der Waals surface area contributed by atoms with Crippen molar-refractivity contribution in [2.45, 2.75) is 25.3 Å². The van der Waals surface area contributed by atoms with Gasteiger partial charge in [-0.1, -0.05) is 24.7 Å². The predicted molar refractivity (Wildman–Crippen MR) is 76.5 cm³/mol. The molecule has 4 nitrogen and oxygen atoms in total. The van der Waals surface area contributed by atoms with Gasteiger partial charge in [0.1, 0.15) is 5.82 Å². The minimum atomic E-state index is -0.389. The molecule has 1 aromatic carbocycles. The SMILES string of the molecule is NC(=S)C1CCCC1NC(=O)Nc1cccc(F)c1. The fourth-order valence-electron chi connectivity index (χ4n) is 2.38. The van der Waals surface area contributed by atoms with E-state index in [1.165, 1.54) is 12.1 Å². The maximum absolute atomic E-state index is 13.0. The monoisotopic (exact) mass is 281 g/mol. The highest BCUT2D eigenvalue weighted by atomic mass is 32.1. The van der Waals surface area contributed by atoms with Gasteiger partial charge in [0.25, 0.3) is 0 Å². The average molecular weight is 281 g/mol. The fourth-order valence-corrected chi connectivity index (χ4v) is 2.66. The maximum atomic E-state index is 13.0. The van der Waals surface area contributed by atoms with E-state index in [1.807, 2.05) is 0 Å². The molecule has 1 aliphatic carbocycles. The Morgan fingerprint density at radius 3 is 2.89 bits per heavy atom. The second kappa shape index (κ2) is 5.97. The third kappa shape index (κ3) is 3.64. The van der Waals surface area contributed by atoms with Crippen LogP contribution in [0.15, 0.2) is 24.3 Å². The summed E-state index contributed by atoms with van der Waals surface area (Å²) in [7, 11) is 0. The molecule has 2 amide bonds. The number of carbonyl (C=O) groups excluding carboxylic acids is 1. The van der Waals surface area contributed by atoms with Crippen LogP contribution in [0.1, 0.15) is 19.3 Å². The average Bonchev–Trinajstić information content (AvgIpc) is 2.76. The molecular weight excluding hydrogens is 265 g/mol. The van der Waals surface area contributed by atoms with Crippen molar-refractivity contribution in [1.82, 2.24) is 5.32 Å². The number of thiocarbonyl (C=S) groups is 1. The summed E-state index contributed by atoms with van der Waals surface area (Å²) in [6.07, 6.45) is 2.76. The van der Waals surface area contributed by atoms with Crippen LogP contribution in [0, 0.1) is 11.7 Å². The molecule has 4 N–H and O–H groups in total. The molecule has 0 aromatic heterocycles. The molecule has 0 saturated heterocycles. The van der Waals surface area contributed by atoms with E-state index in [0.29, 0.717) is 10.7 Å². The Bertz CT molecular complexity index is 495. The van der Waals surface area contributed by atoms with E-state index in [1.54, 1.807) is 12.1 Å². The number of nitrogens with one attached hydrogen (secondary N) is 2. The first-order valence-corrected chi connectivity index (χ1v) is 6.59. The van der Waals surface area contributed by atoms with Gasteiger partial charge in [0.05, 0.1) is 4.99 Å². The van der Waals surface area contributed by atoms with E-state index in [4.69, 9.17) is 18.0 Å². The van der Waals surface area contributed by atoms with Crippen LogP contribution in [-0.4, -0.2) is 17.1 Å². The van der Waals surface area contributed by atoms with Crippen LogP contribution in [0.25, 0.3) is 0 Å². The molecule has 0 heterocycles. The normalized spacial score (nSPS) is 21.9. The molecular formula is C13H16FN3OS. The molecule has 2 atom stereocenters. The molecule has 6 heteroatoms. The lowest BCUT2D eigenvalue weighted by molar-refractivity contribution is 0.247. The van der Waals surface area contributed by atoms with Crippen molar-refractivity contribution in [3.05, 3.63) is 30.1 Å². The highest BCUT2D eigenvalue weighted by molar-refractivity contribution is 7.80. The molecule has 1 aromatic rings. The van der Waals surface area contributed by atoms with Gasteiger partial charge < -0.3 is 16.4 Å². The Morgan fingerprint density at radius 2 is 2.21 bits per heavy atom. The fraction of sp³-hybridized carbons (Fsp3) is 0.385. The first-order chi connectivity index (χ1) is 9.06. The van der Waals surface area contributed by atoms with Crippen molar-refractivity contribution >= 4 is 28.9 Å². The third-order valence-electron chi connectivity index (χ3n) is 3.28. The van der Waals surface area contributed by atoms with Crippen molar-refractivity contribution in [1.29, 1.82) is 0 Å². The van der Waals surface area contributed by atoms with E-state index in [-0.39, 0.29) is 23.8 Å². The molecule has 19 heavy (non-hydrogen) atoms. The Hall–Kier alpha value is -1.69. The number of carbonyl (C=O) groups is 1. The molecule has 2 rings (SSSR count). The van der Waals surface area contributed by atoms with Gasteiger partial charge in [-0.25, -0.2) is 9.18 Å². The summed E-state index contributed by atoms with van der Waals surface area (Å²) >= 11 is 4.99. The Kier molecular flexibility index (Phi) is 4.31. The van der Waals surface area contributed by atoms with Gasteiger partial charge in [-0.2, -0.15) is 0 Å². The lowest BCUT2D eigenvalue weighted by Crippen LogP contribution is -2.43. The molecule has 0 spiro atoms. The van der Waals surface area contributed by atoms with E-state index >= 15 is 0 Å². The van der Waals surface area contributed by atoms with E-state index in [2.05, 4.69) is 10.6 Å². The number of anilines is 1. The van der Waals surface area contributed by atoms with Crippen molar-refractivity contribution in [3.63, 3.8) is 0 Å². The van der Waals surface area contributed by atoms with Crippen LogP contribution in [-0.2, 0) is 0 Å². The molecule has 0 aliphatic heterocycles. The third-order valence-corrected chi connectivity index (χ3v) is 3.58. The highest BCUT2D eigenvalue weighted by Crippen LogP contribution is 2.26. The zero-order chi connectivity index (χ0) is 13.8. The number of amides is 2. The summed E-state index contributed by atoms with van der Waals surface area (Å²) in [6, 6.07) is 5.35. The molecule has 2 unspecified atom stereocenters. The topological polar surface area (TPSA) is 67.1 Å². The van der Waals surface area contributed by atoms with E-state index in [9.17, 15) is 9.18 Å². The second-order valence-electron chi connectivity index (χ2n) is 4.66. The zero-order valence-electron chi connectivity index (χ0n) is 10.4. The number of benzene rings is 1. The number of hydrogen-bond donors (Lipinski definition) is 3. The first-order valence-electron chi connectivity index (χ1n) is 6.18. The van der Waals surface area contributed by atoms with Crippen LogP contribution in [0.4, 0.5) is 14.9 Å². The minimum Gasteiger partial charge on any atom is -0.393 e. The predicted octanol–water partition coefficient (Wildman–Crippen LogP) is 2.40. The lowest BCUT2D eigenvalue weighted by atomic mass is 10.0. The lowest BCUT2D eigenvalue weighted by Gasteiger charge is -2.20. The van der Waals surface area contributed by atoms with Crippen molar-refractivity contribution < 1.29 is 9.18 Å². The molecule has 0 radical (unpaired) electrons. The van der Waals surface area contributed by atoms with Gasteiger partial charge >= 0.3 is 6.03 Å². The number of hydrogen-bond acceptors (Lipinski definition) is 2. The standard InChI is InChI=1S/C13H16FN3OS/c14-8-3-1-4-9(7-8)16-13(18)17-11-6-2-5-10(11)12(15)19/h1,3-4,7,10-11H,2,5-6H2,(H2,15,19)(H2,16,17,18). The smallest absolute Gasteiger partial charge is 0.319 e. The van der Waals surface area contributed by atoms with E-state index in [0.717, 1.165) is 19.3 Å². The van der Waals surface area contributed by atoms with Gasteiger partial charge in [0, 0.05) is 17.6 Å². The summed E-state index contributed by atoms with van der Waals surface area (Å²) in [5.74, 6) is -0.340.